The molecule has 108 valence electrons. The Bertz CT molecular complexity index is 610. The Morgan fingerprint density at radius 1 is 0.952 bits per heavy atom. The van der Waals surface area contributed by atoms with Crippen LogP contribution in [0.15, 0.2) is 60.7 Å². The second kappa shape index (κ2) is 6.81. The predicted octanol–water partition coefficient (Wildman–Crippen LogP) is 2.11. The van der Waals surface area contributed by atoms with Crippen LogP contribution in [0.3, 0.4) is 0 Å². The van der Waals surface area contributed by atoms with E-state index in [9.17, 15) is 14.7 Å². The van der Waals surface area contributed by atoms with Gasteiger partial charge >= 0.3 is 0 Å². The number of carbonyl (C=O) groups is 2. The van der Waals surface area contributed by atoms with E-state index in [1.807, 2.05) is 12.1 Å². The number of aliphatic hydroxyl groups is 1. The van der Waals surface area contributed by atoms with Crippen molar-refractivity contribution in [3.8, 4) is 0 Å². The zero-order valence-corrected chi connectivity index (χ0v) is 11.7. The van der Waals surface area contributed by atoms with Crippen molar-refractivity contribution in [1.29, 1.82) is 0 Å². The van der Waals surface area contributed by atoms with E-state index in [0.29, 0.717) is 11.1 Å². The number of hydrogen-bond donors (Lipinski definition) is 2. The van der Waals surface area contributed by atoms with Gasteiger partial charge < -0.3 is 10.4 Å². The highest BCUT2D eigenvalue weighted by Crippen LogP contribution is 2.18. The molecule has 0 spiro atoms. The molecule has 4 heteroatoms. The van der Waals surface area contributed by atoms with E-state index in [-0.39, 0.29) is 5.91 Å². The number of carbonyl (C=O) groups excluding carboxylic acids is 2. The Morgan fingerprint density at radius 2 is 1.48 bits per heavy atom. The topological polar surface area (TPSA) is 66.4 Å². The molecule has 1 unspecified atom stereocenters. The lowest BCUT2D eigenvalue weighted by atomic mass is 9.98. The molecule has 2 atom stereocenters. The average molecular weight is 283 g/mol. The molecule has 0 aliphatic rings. The summed E-state index contributed by atoms with van der Waals surface area (Å²) < 4.78 is 0. The van der Waals surface area contributed by atoms with Gasteiger partial charge in [-0.1, -0.05) is 48.5 Å². The highest BCUT2D eigenvalue weighted by Gasteiger charge is 2.26. The largest absolute Gasteiger partial charge is 0.383 e. The Balaban J connectivity index is 2.25. The molecule has 0 aliphatic carbocycles. The molecule has 2 aromatic carbocycles. The van der Waals surface area contributed by atoms with Crippen molar-refractivity contribution in [2.45, 2.75) is 19.1 Å². The first-order valence-corrected chi connectivity index (χ1v) is 6.69. The first-order chi connectivity index (χ1) is 10.1. The highest BCUT2D eigenvalue weighted by atomic mass is 16.3. The van der Waals surface area contributed by atoms with Crippen molar-refractivity contribution in [1.82, 2.24) is 5.32 Å². The zero-order valence-electron chi connectivity index (χ0n) is 11.7. The van der Waals surface area contributed by atoms with Gasteiger partial charge in [0, 0.05) is 5.56 Å². The molecular formula is C17H17NO3. The molecule has 0 fully saturated rings. The lowest BCUT2D eigenvalue weighted by Gasteiger charge is -2.23. The van der Waals surface area contributed by atoms with E-state index in [4.69, 9.17) is 0 Å². The van der Waals surface area contributed by atoms with Crippen LogP contribution in [0.4, 0.5) is 0 Å². The number of hydrogen-bond acceptors (Lipinski definition) is 3. The third-order valence-electron chi connectivity index (χ3n) is 3.21. The Hall–Kier alpha value is -2.46. The normalized spacial score (nSPS) is 13.2. The minimum Gasteiger partial charge on any atom is -0.383 e. The maximum absolute atomic E-state index is 12.2. The van der Waals surface area contributed by atoms with Crippen LogP contribution in [0.25, 0.3) is 0 Å². The van der Waals surface area contributed by atoms with Crippen molar-refractivity contribution in [3.63, 3.8) is 0 Å². The summed E-state index contributed by atoms with van der Waals surface area (Å²) >= 11 is 0. The predicted molar refractivity (Wildman–Crippen MR) is 79.8 cm³/mol. The van der Waals surface area contributed by atoms with Crippen LogP contribution in [0, 0.1) is 0 Å². The van der Waals surface area contributed by atoms with Gasteiger partial charge in [0.1, 0.15) is 6.10 Å². The van der Waals surface area contributed by atoms with E-state index in [2.05, 4.69) is 5.32 Å². The van der Waals surface area contributed by atoms with Gasteiger partial charge in [-0.15, -0.1) is 0 Å². The maximum atomic E-state index is 12.2. The van der Waals surface area contributed by atoms with Crippen molar-refractivity contribution in [3.05, 3.63) is 71.8 Å². The van der Waals surface area contributed by atoms with Crippen LogP contribution < -0.4 is 5.32 Å². The number of nitrogens with one attached hydrogen (secondary N) is 1. The summed E-state index contributed by atoms with van der Waals surface area (Å²) in [5.41, 5.74) is 1.17. The lowest BCUT2D eigenvalue weighted by Crippen LogP contribution is -2.39. The fourth-order valence-corrected chi connectivity index (χ4v) is 2.05. The van der Waals surface area contributed by atoms with Gasteiger partial charge in [-0.2, -0.15) is 0 Å². The van der Waals surface area contributed by atoms with Crippen LogP contribution in [0.2, 0.25) is 0 Å². The summed E-state index contributed by atoms with van der Waals surface area (Å²) in [5, 5.41) is 12.8. The average Bonchev–Trinajstić information content (AvgIpc) is 2.53. The van der Waals surface area contributed by atoms with Gasteiger partial charge in [-0.05, 0) is 24.6 Å². The van der Waals surface area contributed by atoms with Crippen LogP contribution in [0.1, 0.15) is 28.9 Å². The van der Waals surface area contributed by atoms with E-state index >= 15 is 0 Å². The molecule has 4 nitrogen and oxygen atoms in total. The summed E-state index contributed by atoms with van der Waals surface area (Å²) in [6.45, 7) is 1.30. The Morgan fingerprint density at radius 3 is 2.00 bits per heavy atom. The van der Waals surface area contributed by atoms with Crippen molar-refractivity contribution >= 4 is 11.7 Å². The number of Topliss-reactive ketones (excluding diaryl/α,β-unsaturated/α-hetero) is 1. The second-order valence-electron chi connectivity index (χ2n) is 4.78. The molecule has 1 amide bonds. The molecule has 0 saturated heterocycles. The number of rotatable bonds is 5. The fourth-order valence-electron chi connectivity index (χ4n) is 2.05. The van der Waals surface area contributed by atoms with Gasteiger partial charge in [0.05, 0.1) is 6.04 Å². The zero-order chi connectivity index (χ0) is 15.2. The minimum absolute atomic E-state index is 0.329. The molecule has 0 radical (unpaired) electrons. The quantitative estimate of drug-likeness (QED) is 0.883. The molecule has 0 bridgehead atoms. The lowest BCUT2D eigenvalue weighted by molar-refractivity contribution is -0.126. The number of ketones is 1. The van der Waals surface area contributed by atoms with Gasteiger partial charge in [-0.25, -0.2) is 0 Å². The smallest absolute Gasteiger partial charge is 0.251 e. The van der Waals surface area contributed by atoms with Crippen LogP contribution >= 0.6 is 0 Å². The molecule has 2 rings (SSSR count). The first-order valence-electron chi connectivity index (χ1n) is 6.69. The van der Waals surface area contributed by atoms with Gasteiger partial charge in [0.15, 0.2) is 5.78 Å². The molecule has 0 aromatic heterocycles. The van der Waals surface area contributed by atoms with Crippen molar-refractivity contribution in [2.24, 2.45) is 0 Å². The number of amides is 1. The summed E-state index contributed by atoms with van der Waals surface area (Å²) in [6, 6.07) is 16.9. The third kappa shape index (κ3) is 3.77. The second-order valence-corrected chi connectivity index (χ2v) is 4.78. The molecule has 0 aliphatic heterocycles. The van der Waals surface area contributed by atoms with E-state index < -0.39 is 17.9 Å². The van der Waals surface area contributed by atoms with E-state index in [0.717, 1.165) is 0 Å². The molecule has 0 heterocycles. The van der Waals surface area contributed by atoms with Crippen LogP contribution in [-0.4, -0.2) is 22.9 Å². The number of aliphatic hydroxyl groups excluding tert-OH is 1. The third-order valence-corrected chi connectivity index (χ3v) is 3.21. The van der Waals surface area contributed by atoms with Crippen LogP contribution in [0.5, 0.6) is 0 Å². The number of benzene rings is 2. The summed E-state index contributed by atoms with van der Waals surface area (Å²) in [7, 11) is 0. The highest BCUT2D eigenvalue weighted by molar-refractivity contribution is 5.95. The maximum Gasteiger partial charge on any atom is 0.251 e. The van der Waals surface area contributed by atoms with E-state index in [1.165, 1.54) is 6.92 Å². The van der Waals surface area contributed by atoms with Gasteiger partial charge in [-0.3, -0.25) is 9.59 Å². The van der Waals surface area contributed by atoms with E-state index in [1.54, 1.807) is 48.5 Å². The molecular weight excluding hydrogens is 266 g/mol. The molecule has 21 heavy (non-hydrogen) atoms. The summed E-state index contributed by atoms with van der Waals surface area (Å²) in [6.07, 6.45) is -1.28. The Labute approximate surface area is 123 Å². The fraction of sp³-hybridized carbons (Fsp3) is 0.176. The van der Waals surface area contributed by atoms with Crippen molar-refractivity contribution < 1.29 is 14.7 Å². The standard InChI is InChI=1S/C17H17NO3/c1-12(19)16(20)15(13-8-4-2-5-9-13)18-17(21)14-10-6-3-7-11-14/h2-11,15-16,20H,1H3,(H,18,21)/t15-,16?/m0/s1. The van der Waals surface area contributed by atoms with Crippen molar-refractivity contribution in [2.75, 3.05) is 0 Å². The molecule has 2 aromatic rings. The SMILES string of the molecule is CC(=O)C(O)[C@@H](NC(=O)c1ccccc1)c1ccccc1. The first kappa shape index (κ1) is 14.9. The van der Waals surface area contributed by atoms with Gasteiger partial charge in [0.2, 0.25) is 0 Å². The summed E-state index contributed by atoms with van der Waals surface area (Å²) in [4.78, 5) is 23.7. The molecule has 0 saturated carbocycles. The van der Waals surface area contributed by atoms with Crippen LogP contribution in [-0.2, 0) is 4.79 Å². The Kier molecular flexibility index (Phi) is 4.85. The van der Waals surface area contributed by atoms with Gasteiger partial charge in [0.25, 0.3) is 5.91 Å². The summed E-state index contributed by atoms with van der Waals surface area (Å²) in [5.74, 6) is -0.720. The molecule has 2 N–H and O–H groups in total. The monoisotopic (exact) mass is 283 g/mol. The minimum atomic E-state index is -1.28.